The Labute approximate surface area is 162 Å². The van der Waals surface area contributed by atoms with Crippen molar-refractivity contribution in [3.8, 4) is 11.3 Å². The molecule has 1 aliphatic heterocycles. The quantitative estimate of drug-likeness (QED) is 0.743. The van der Waals surface area contributed by atoms with Crippen LogP contribution in [0.15, 0.2) is 41.7 Å². The van der Waals surface area contributed by atoms with E-state index in [0.717, 1.165) is 35.9 Å². The molecule has 2 N–H and O–H groups in total. The van der Waals surface area contributed by atoms with E-state index in [0.29, 0.717) is 6.54 Å². The number of rotatable bonds is 6. The summed E-state index contributed by atoms with van der Waals surface area (Å²) in [5, 5.41) is 4.97. The molecule has 27 heavy (non-hydrogen) atoms. The first-order chi connectivity index (χ1) is 13.1. The van der Waals surface area contributed by atoms with E-state index in [1.165, 1.54) is 18.8 Å². The van der Waals surface area contributed by atoms with Crippen LogP contribution in [0.5, 0.6) is 0 Å². The van der Waals surface area contributed by atoms with Crippen molar-refractivity contribution in [2.24, 2.45) is 0 Å². The van der Waals surface area contributed by atoms with Gasteiger partial charge in [0.15, 0.2) is 5.16 Å². The number of hydrogen-bond acceptors (Lipinski definition) is 5. The van der Waals surface area contributed by atoms with Crippen LogP contribution in [0, 0.1) is 0 Å². The lowest BCUT2D eigenvalue weighted by Gasteiger charge is -2.17. The van der Waals surface area contributed by atoms with Crippen molar-refractivity contribution in [3.63, 3.8) is 0 Å². The molecule has 7 nitrogen and oxygen atoms in total. The highest BCUT2D eigenvalue weighted by Gasteiger charge is 2.24. The number of nitrogens with zero attached hydrogens (tertiary/aromatic N) is 2. The molecular weight excluding hydrogens is 364 g/mol. The molecular formula is C19H24N4O3S. The average molecular weight is 388 g/mol. The number of thioether (sulfide) groups is 1. The Kier molecular flexibility index (Phi) is 6.52. The largest absolute Gasteiger partial charge is 0.376 e. The number of nitrogens with one attached hydrogen (secondary N) is 2. The smallest absolute Gasteiger partial charge is 0.321 e. The van der Waals surface area contributed by atoms with Crippen LogP contribution >= 0.6 is 11.8 Å². The fourth-order valence-electron chi connectivity index (χ4n) is 2.95. The molecule has 0 radical (unpaired) electrons. The van der Waals surface area contributed by atoms with Crippen LogP contribution in [-0.2, 0) is 16.1 Å². The van der Waals surface area contributed by atoms with E-state index in [-0.39, 0.29) is 12.0 Å². The fraction of sp³-hybridized carbons (Fsp3) is 0.421. The first-order valence-corrected chi connectivity index (χ1v) is 9.88. The Morgan fingerprint density at radius 2 is 2.15 bits per heavy atom. The van der Waals surface area contributed by atoms with Gasteiger partial charge in [0, 0.05) is 13.7 Å². The molecule has 8 heteroatoms. The normalized spacial score (nSPS) is 17.5. The lowest BCUT2D eigenvalue weighted by atomic mass is 10.1. The second kappa shape index (κ2) is 9.05. The van der Waals surface area contributed by atoms with Gasteiger partial charge >= 0.3 is 6.03 Å². The first-order valence-electron chi connectivity index (χ1n) is 9.00. The molecule has 3 amide bonds. The number of ether oxygens (including phenoxy) is 1. The van der Waals surface area contributed by atoms with Gasteiger partial charge in [-0.15, -0.1) is 0 Å². The summed E-state index contributed by atoms with van der Waals surface area (Å²) in [6.45, 7) is 3.24. The van der Waals surface area contributed by atoms with Gasteiger partial charge in [-0.3, -0.25) is 10.1 Å². The van der Waals surface area contributed by atoms with Crippen LogP contribution < -0.4 is 10.6 Å². The van der Waals surface area contributed by atoms with Gasteiger partial charge in [-0.05, 0) is 25.3 Å². The molecule has 144 valence electrons. The summed E-state index contributed by atoms with van der Waals surface area (Å²) in [5.41, 5.74) is 2.06. The summed E-state index contributed by atoms with van der Waals surface area (Å²) >= 11 is 1.33. The van der Waals surface area contributed by atoms with Crippen molar-refractivity contribution >= 4 is 23.7 Å². The number of hydrogen-bond donors (Lipinski definition) is 2. The zero-order valence-corrected chi connectivity index (χ0v) is 16.3. The molecule has 2 aromatic rings. The number of imide groups is 1. The third-order valence-electron chi connectivity index (χ3n) is 4.41. The van der Waals surface area contributed by atoms with Crippen molar-refractivity contribution in [2.45, 2.75) is 42.8 Å². The van der Waals surface area contributed by atoms with Crippen LogP contribution in [0.4, 0.5) is 4.79 Å². The standard InChI is InChI=1S/C19H24N4O3S/c1-13(17(24)22-18(25)20-2)27-19-21-11-16(14-7-4-3-5-8-14)23(19)12-15-9-6-10-26-15/h3-5,7-8,11,13,15H,6,9-10,12H2,1-2H3,(H2,20,22,24,25). The number of benzene rings is 1. The molecule has 1 aromatic carbocycles. The highest BCUT2D eigenvalue weighted by molar-refractivity contribution is 8.00. The molecule has 1 aromatic heterocycles. The number of carbonyl (C=O) groups is 2. The van der Waals surface area contributed by atoms with Crippen molar-refractivity contribution in [2.75, 3.05) is 13.7 Å². The zero-order chi connectivity index (χ0) is 19.2. The number of aromatic nitrogens is 2. The minimum atomic E-state index is -0.514. The van der Waals surface area contributed by atoms with Gasteiger partial charge in [-0.1, -0.05) is 42.1 Å². The van der Waals surface area contributed by atoms with Crippen LogP contribution in [-0.4, -0.2) is 46.5 Å². The van der Waals surface area contributed by atoms with Crippen molar-refractivity contribution in [1.29, 1.82) is 0 Å². The molecule has 0 aliphatic carbocycles. The lowest BCUT2D eigenvalue weighted by Crippen LogP contribution is -2.41. The summed E-state index contributed by atoms with van der Waals surface area (Å²) in [7, 11) is 1.47. The second-order valence-electron chi connectivity index (χ2n) is 6.37. The van der Waals surface area contributed by atoms with Gasteiger partial charge in [-0.2, -0.15) is 0 Å². The van der Waals surface area contributed by atoms with E-state index < -0.39 is 11.3 Å². The summed E-state index contributed by atoms with van der Waals surface area (Å²) in [6, 6.07) is 9.53. The molecule has 1 saturated heterocycles. The summed E-state index contributed by atoms with van der Waals surface area (Å²) < 4.78 is 7.91. The highest BCUT2D eigenvalue weighted by Crippen LogP contribution is 2.30. The molecule has 2 atom stereocenters. The van der Waals surface area contributed by atoms with E-state index >= 15 is 0 Å². The maximum Gasteiger partial charge on any atom is 0.321 e. The van der Waals surface area contributed by atoms with Crippen LogP contribution in [0.1, 0.15) is 19.8 Å². The number of imidazole rings is 1. The minimum absolute atomic E-state index is 0.149. The van der Waals surface area contributed by atoms with Gasteiger partial charge in [-0.25, -0.2) is 9.78 Å². The predicted octanol–water partition coefficient (Wildman–Crippen LogP) is 2.67. The maximum absolute atomic E-state index is 12.2. The topological polar surface area (TPSA) is 85.3 Å². The second-order valence-corrected chi connectivity index (χ2v) is 7.67. The molecule has 3 rings (SSSR count). The predicted molar refractivity (Wildman–Crippen MR) is 105 cm³/mol. The Balaban J connectivity index is 1.82. The Morgan fingerprint density at radius 1 is 1.37 bits per heavy atom. The fourth-order valence-corrected chi connectivity index (χ4v) is 3.84. The van der Waals surface area contributed by atoms with Crippen molar-refractivity contribution < 1.29 is 14.3 Å². The van der Waals surface area contributed by atoms with Gasteiger partial charge in [0.25, 0.3) is 0 Å². The number of amides is 3. The molecule has 1 fully saturated rings. The van der Waals surface area contributed by atoms with Gasteiger partial charge < -0.3 is 14.6 Å². The zero-order valence-electron chi connectivity index (χ0n) is 15.5. The van der Waals surface area contributed by atoms with Crippen LogP contribution in [0.25, 0.3) is 11.3 Å². The number of carbonyl (C=O) groups excluding carboxylic acids is 2. The third kappa shape index (κ3) is 4.90. The van der Waals surface area contributed by atoms with E-state index in [2.05, 4.69) is 20.2 Å². The van der Waals surface area contributed by atoms with Gasteiger partial charge in [0.1, 0.15) is 0 Å². The lowest BCUT2D eigenvalue weighted by molar-refractivity contribution is -0.119. The van der Waals surface area contributed by atoms with Crippen molar-refractivity contribution in [3.05, 3.63) is 36.5 Å². The van der Waals surface area contributed by atoms with Gasteiger partial charge in [0.2, 0.25) is 5.91 Å². The van der Waals surface area contributed by atoms with E-state index in [1.807, 2.05) is 36.5 Å². The van der Waals surface area contributed by atoms with Gasteiger partial charge in [0.05, 0.1) is 29.8 Å². The van der Waals surface area contributed by atoms with Crippen molar-refractivity contribution in [1.82, 2.24) is 20.2 Å². The SMILES string of the molecule is CNC(=O)NC(=O)C(C)Sc1ncc(-c2ccccc2)n1CC1CCCO1. The van der Waals surface area contributed by atoms with Crippen LogP contribution in [0.3, 0.4) is 0 Å². The van der Waals surface area contributed by atoms with Crippen LogP contribution in [0.2, 0.25) is 0 Å². The monoisotopic (exact) mass is 388 g/mol. The maximum atomic E-state index is 12.2. The summed E-state index contributed by atoms with van der Waals surface area (Å²) in [6.07, 6.45) is 4.06. The third-order valence-corrected chi connectivity index (χ3v) is 5.52. The summed E-state index contributed by atoms with van der Waals surface area (Å²) in [5.74, 6) is -0.354. The van der Waals surface area contributed by atoms with E-state index in [1.54, 1.807) is 6.92 Å². The first kappa shape index (κ1) is 19.4. The molecule has 1 aliphatic rings. The minimum Gasteiger partial charge on any atom is -0.376 e. The molecule has 2 heterocycles. The Morgan fingerprint density at radius 3 is 2.81 bits per heavy atom. The van der Waals surface area contributed by atoms with E-state index in [4.69, 9.17) is 4.74 Å². The molecule has 0 bridgehead atoms. The number of urea groups is 1. The van der Waals surface area contributed by atoms with E-state index in [9.17, 15) is 9.59 Å². The highest BCUT2D eigenvalue weighted by atomic mass is 32.2. The molecule has 2 unspecified atom stereocenters. The Hall–Kier alpha value is -2.32. The molecule has 0 saturated carbocycles. The average Bonchev–Trinajstić information content (AvgIpc) is 3.33. The Bertz CT molecular complexity index is 788. The molecule has 0 spiro atoms. The summed E-state index contributed by atoms with van der Waals surface area (Å²) in [4.78, 5) is 28.1.